The van der Waals surface area contributed by atoms with Crippen LogP contribution in [0.1, 0.15) is 40.2 Å². The van der Waals surface area contributed by atoms with Gasteiger partial charge in [0.25, 0.3) is 0 Å². The molecular formula is C19H23BO4S. The summed E-state index contributed by atoms with van der Waals surface area (Å²) in [5.74, 6) is 0.520. The quantitative estimate of drug-likeness (QED) is 0.740. The van der Waals surface area contributed by atoms with Crippen LogP contribution >= 0.6 is 11.8 Å². The smallest absolute Gasteiger partial charge is 0.464 e. The Labute approximate surface area is 153 Å². The van der Waals surface area contributed by atoms with Crippen molar-refractivity contribution in [1.29, 1.82) is 0 Å². The van der Waals surface area contributed by atoms with Gasteiger partial charge in [-0.3, -0.25) is 4.79 Å². The number of hydrogen-bond acceptors (Lipinski definition) is 5. The third kappa shape index (κ3) is 3.71. The molecule has 1 aromatic carbocycles. The molecule has 0 amide bonds. The highest BCUT2D eigenvalue weighted by atomic mass is 32.2. The summed E-state index contributed by atoms with van der Waals surface area (Å²) in [4.78, 5) is 11.5. The molecule has 0 atom stereocenters. The Morgan fingerprint density at radius 3 is 2.44 bits per heavy atom. The molecule has 0 unspecified atom stereocenters. The average molecular weight is 358 g/mol. The first kappa shape index (κ1) is 18.3. The molecule has 1 aliphatic heterocycles. The van der Waals surface area contributed by atoms with Crippen LogP contribution < -0.4 is 0 Å². The van der Waals surface area contributed by atoms with Gasteiger partial charge in [-0.15, -0.1) is 0 Å². The fourth-order valence-electron chi connectivity index (χ4n) is 2.67. The number of thioether (sulfide) groups is 1. The molecule has 2 aromatic rings. The minimum Gasteiger partial charge on any atom is -0.464 e. The van der Waals surface area contributed by atoms with Crippen LogP contribution in [0.5, 0.6) is 0 Å². The zero-order valence-electron chi connectivity index (χ0n) is 15.3. The van der Waals surface area contributed by atoms with Crippen LogP contribution in [0, 0.1) is 0 Å². The second-order valence-electron chi connectivity index (χ2n) is 7.27. The van der Waals surface area contributed by atoms with Crippen molar-refractivity contribution in [2.24, 2.45) is 0 Å². The first-order valence-corrected chi connectivity index (χ1v) is 9.34. The summed E-state index contributed by atoms with van der Waals surface area (Å²) >= 11 is 1.26. The summed E-state index contributed by atoms with van der Waals surface area (Å²) < 4.78 is 18.0. The summed E-state index contributed by atoms with van der Waals surface area (Å²) in [6.07, 6.45) is 3.75. The van der Waals surface area contributed by atoms with E-state index in [1.807, 2.05) is 58.0 Å². The van der Waals surface area contributed by atoms with E-state index >= 15 is 0 Å². The number of hydrogen-bond donors (Lipinski definition) is 0. The predicted octanol–water partition coefficient (Wildman–Crippen LogP) is 4.73. The fourth-order valence-corrected chi connectivity index (χ4v) is 3.26. The van der Waals surface area contributed by atoms with E-state index in [1.54, 1.807) is 13.2 Å². The van der Waals surface area contributed by atoms with E-state index in [0.717, 1.165) is 22.0 Å². The number of fused-ring (bicyclic) bond motifs is 1. The molecule has 1 aromatic heterocycles. The molecule has 3 rings (SSSR count). The third-order valence-corrected chi connectivity index (χ3v) is 5.73. The van der Waals surface area contributed by atoms with E-state index in [2.05, 4.69) is 0 Å². The Morgan fingerprint density at radius 2 is 1.80 bits per heavy atom. The average Bonchev–Trinajstić information content (AvgIpc) is 3.02. The molecule has 1 saturated heterocycles. The van der Waals surface area contributed by atoms with Gasteiger partial charge in [0, 0.05) is 23.6 Å². The lowest BCUT2D eigenvalue weighted by molar-refractivity contribution is -0.109. The highest BCUT2D eigenvalue weighted by molar-refractivity contribution is 8.13. The molecule has 2 heterocycles. The van der Waals surface area contributed by atoms with Crippen molar-refractivity contribution in [2.45, 2.75) is 45.8 Å². The zero-order valence-corrected chi connectivity index (χ0v) is 16.1. The Balaban J connectivity index is 1.96. The van der Waals surface area contributed by atoms with Gasteiger partial charge < -0.3 is 13.7 Å². The first-order chi connectivity index (χ1) is 11.7. The number of benzene rings is 1. The molecule has 132 valence electrons. The van der Waals surface area contributed by atoms with Gasteiger partial charge in [-0.2, -0.15) is 0 Å². The van der Waals surface area contributed by atoms with Crippen LogP contribution in [0.2, 0.25) is 0 Å². The lowest BCUT2D eigenvalue weighted by Gasteiger charge is -2.32. The SMILES string of the molecule is CC(=O)SCC(=Cc1coc2ccccc12)B1OC(C)(C)C(C)(C)O1. The molecule has 0 spiro atoms. The van der Waals surface area contributed by atoms with E-state index in [9.17, 15) is 4.79 Å². The van der Waals surface area contributed by atoms with Crippen LogP contribution in [0.3, 0.4) is 0 Å². The van der Waals surface area contributed by atoms with Crippen molar-refractivity contribution in [2.75, 3.05) is 5.75 Å². The number of para-hydroxylation sites is 1. The van der Waals surface area contributed by atoms with Gasteiger partial charge in [0.2, 0.25) is 0 Å². The molecule has 0 saturated carbocycles. The van der Waals surface area contributed by atoms with Crippen molar-refractivity contribution in [3.8, 4) is 0 Å². The van der Waals surface area contributed by atoms with Crippen LogP contribution in [0.15, 0.2) is 40.4 Å². The van der Waals surface area contributed by atoms with E-state index in [0.29, 0.717) is 5.75 Å². The van der Waals surface area contributed by atoms with Crippen molar-refractivity contribution < 1.29 is 18.5 Å². The van der Waals surface area contributed by atoms with Crippen LogP contribution in [0.4, 0.5) is 0 Å². The zero-order chi connectivity index (χ0) is 18.2. The minimum absolute atomic E-state index is 0.0690. The lowest BCUT2D eigenvalue weighted by atomic mass is 9.78. The van der Waals surface area contributed by atoms with Crippen molar-refractivity contribution in [3.05, 3.63) is 41.6 Å². The molecule has 1 fully saturated rings. The topological polar surface area (TPSA) is 48.7 Å². The van der Waals surface area contributed by atoms with Gasteiger partial charge in [-0.1, -0.05) is 36.0 Å². The minimum atomic E-state index is -0.481. The lowest BCUT2D eigenvalue weighted by Crippen LogP contribution is -2.41. The Kier molecular flexibility index (Phi) is 4.88. The van der Waals surface area contributed by atoms with Crippen LogP contribution in [0.25, 0.3) is 17.0 Å². The molecular weight excluding hydrogens is 335 g/mol. The van der Waals surface area contributed by atoms with Gasteiger partial charge in [0.05, 0.1) is 17.5 Å². The summed E-state index contributed by atoms with van der Waals surface area (Å²) in [6, 6.07) is 7.88. The first-order valence-electron chi connectivity index (χ1n) is 8.35. The highest BCUT2D eigenvalue weighted by Gasteiger charge is 2.52. The van der Waals surface area contributed by atoms with E-state index in [4.69, 9.17) is 13.7 Å². The molecule has 0 aliphatic carbocycles. The maximum atomic E-state index is 11.5. The van der Waals surface area contributed by atoms with Gasteiger partial charge in [0.15, 0.2) is 5.12 Å². The molecule has 6 heteroatoms. The fraction of sp³-hybridized carbons (Fsp3) is 0.421. The van der Waals surface area contributed by atoms with Crippen molar-refractivity contribution >= 4 is 41.0 Å². The summed E-state index contributed by atoms with van der Waals surface area (Å²) in [5, 5.41) is 1.10. The number of carbonyl (C=O) groups excluding carboxylic acids is 1. The molecule has 4 nitrogen and oxygen atoms in total. The van der Waals surface area contributed by atoms with E-state index < -0.39 is 18.3 Å². The summed E-state index contributed by atoms with van der Waals surface area (Å²) in [6.45, 7) is 9.66. The summed E-state index contributed by atoms with van der Waals surface area (Å²) in [5.41, 5.74) is 1.88. The maximum absolute atomic E-state index is 11.5. The largest absolute Gasteiger partial charge is 0.491 e. The monoisotopic (exact) mass is 358 g/mol. The Morgan fingerprint density at radius 1 is 1.16 bits per heavy atom. The molecule has 0 radical (unpaired) electrons. The number of rotatable bonds is 4. The van der Waals surface area contributed by atoms with Gasteiger partial charge in [0.1, 0.15) is 5.58 Å². The van der Waals surface area contributed by atoms with Gasteiger partial charge >= 0.3 is 7.12 Å². The second kappa shape index (κ2) is 6.67. The van der Waals surface area contributed by atoms with E-state index in [-0.39, 0.29) is 5.12 Å². The molecule has 0 bridgehead atoms. The van der Waals surface area contributed by atoms with Crippen molar-refractivity contribution in [3.63, 3.8) is 0 Å². The van der Waals surface area contributed by atoms with Crippen molar-refractivity contribution in [1.82, 2.24) is 0 Å². The van der Waals surface area contributed by atoms with Gasteiger partial charge in [-0.25, -0.2) is 0 Å². The normalized spacial score (nSPS) is 19.6. The molecule has 25 heavy (non-hydrogen) atoms. The maximum Gasteiger partial charge on any atom is 0.491 e. The Bertz CT molecular complexity index is 806. The summed E-state index contributed by atoms with van der Waals surface area (Å²) in [7, 11) is -0.481. The third-order valence-electron chi connectivity index (χ3n) is 4.85. The molecule has 1 aliphatic rings. The standard InChI is InChI=1S/C19H23BO4S/c1-13(21)25-12-15(20-23-18(2,3)19(4,5)24-20)10-14-11-22-17-9-7-6-8-16(14)17/h6-11H,12H2,1-5H3. The number of carbonyl (C=O) groups is 1. The van der Waals surface area contributed by atoms with Crippen LogP contribution in [-0.2, 0) is 14.1 Å². The Hall–Kier alpha value is -1.50. The van der Waals surface area contributed by atoms with E-state index in [1.165, 1.54) is 11.8 Å². The number of furan rings is 1. The highest BCUT2D eigenvalue weighted by Crippen LogP contribution is 2.39. The van der Waals surface area contributed by atoms with Crippen LogP contribution in [-0.4, -0.2) is 29.2 Å². The van der Waals surface area contributed by atoms with Gasteiger partial charge in [-0.05, 0) is 39.2 Å². The second-order valence-corrected chi connectivity index (χ2v) is 8.43. The molecule has 0 N–H and O–H groups in total. The predicted molar refractivity (Wildman–Crippen MR) is 103 cm³/mol.